The standard InChI is InChI=1S/C13H9Cl2N3O2S/c1-8-4-11(7-17-13(8)15)18-21(19,20)12-5-10(14)3-2-9(12)6-16/h2-5,7,18H,1H3. The number of aryl methyl sites for hydroxylation is 1. The highest BCUT2D eigenvalue weighted by Crippen LogP contribution is 2.24. The molecule has 2 aromatic rings. The maximum atomic E-state index is 12.3. The molecule has 0 atom stereocenters. The summed E-state index contributed by atoms with van der Waals surface area (Å²) in [5, 5.41) is 9.52. The fourth-order valence-corrected chi connectivity index (χ4v) is 3.19. The molecule has 1 aromatic carbocycles. The van der Waals surface area contributed by atoms with Gasteiger partial charge in [0.05, 0.1) is 17.4 Å². The van der Waals surface area contributed by atoms with Crippen molar-refractivity contribution in [2.45, 2.75) is 11.8 Å². The Morgan fingerprint density at radius 2 is 2.00 bits per heavy atom. The summed E-state index contributed by atoms with van der Waals surface area (Å²) >= 11 is 11.6. The molecule has 0 amide bonds. The Kier molecular flexibility index (Phi) is 4.37. The molecule has 0 aliphatic heterocycles. The first-order valence-corrected chi connectivity index (χ1v) is 7.92. The number of halogens is 2. The van der Waals surface area contributed by atoms with Gasteiger partial charge in [-0.15, -0.1) is 0 Å². The number of benzene rings is 1. The molecular formula is C13H9Cl2N3O2S. The van der Waals surface area contributed by atoms with E-state index in [4.69, 9.17) is 28.5 Å². The zero-order valence-corrected chi connectivity index (χ0v) is 13.1. The van der Waals surface area contributed by atoms with Crippen LogP contribution in [0.3, 0.4) is 0 Å². The van der Waals surface area contributed by atoms with Gasteiger partial charge in [-0.2, -0.15) is 5.26 Å². The van der Waals surface area contributed by atoms with E-state index in [1.165, 1.54) is 24.4 Å². The van der Waals surface area contributed by atoms with Crippen molar-refractivity contribution < 1.29 is 8.42 Å². The first-order chi connectivity index (χ1) is 9.83. The van der Waals surface area contributed by atoms with Crippen LogP contribution in [0.5, 0.6) is 0 Å². The van der Waals surface area contributed by atoms with Crippen LogP contribution in [0.1, 0.15) is 11.1 Å². The fourth-order valence-electron chi connectivity index (χ4n) is 1.63. The van der Waals surface area contributed by atoms with E-state index in [1.807, 2.05) is 6.07 Å². The van der Waals surface area contributed by atoms with Gasteiger partial charge < -0.3 is 0 Å². The van der Waals surface area contributed by atoms with Gasteiger partial charge in [0.2, 0.25) is 0 Å². The van der Waals surface area contributed by atoms with Gasteiger partial charge in [0.1, 0.15) is 16.1 Å². The Morgan fingerprint density at radius 1 is 1.29 bits per heavy atom. The summed E-state index contributed by atoms with van der Waals surface area (Å²) < 4.78 is 27.0. The van der Waals surface area contributed by atoms with E-state index < -0.39 is 10.0 Å². The van der Waals surface area contributed by atoms with E-state index in [0.29, 0.717) is 10.7 Å². The lowest BCUT2D eigenvalue weighted by molar-refractivity contribution is 0.601. The van der Waals surface area contributed by atoms with Crippen molar-refractivity contribution in [3.8, 4) is 6.07 Å². The minimum atomic E-state index is -3.95. The lowest BCUT2D eigenvalue weighted by atomic mass is 10.2. The number of nitrogens with zero attached hydrogens (tertiary/aromatic N) is 2. The van der Waals surface area contributed by atoms with Crippen molar-refractivity contribution in [1.29, 1.82) is 5.26 Å². The molecule has 0 spiro atoms. The number of aromatic nitrogens is 1. The molecular weight excluding hydrogens is 333 g/mol. The van der Waals surface area contributed by atoms with Crippen molar-refractivity contribution >= 4 is 38.9 Å². The molecule has 0 saturated carbocycles. The van der Waals surface area contributed by atoms with E-state index in [9.17, 15) is 8.42 Å². The SMILES string of the molecule is Cc1cc(NS(=O)(=O)c2cc(Cl)ccc2C#N)cnc1Cl. The molecule has 1 aromatic heterocycles. The van der Waals surface area contributed by atoms with Gasteiger partial charge >= 0.3 is 0 Å². The maximum absolute atomic E-state index is 12.3. The number of pyridine rings is 1. The minimum Gasteiger partial charge on any atom is -0.278 e. The summed E-state index contributed by atoms with van der Waals surface area (Å²) in [7, 11) is -3.95. The van der Waals surface area contributed by atoms with Crippen LogP contribution in [0.25, 0.3) is 0 Å². The van der Waals surface area contributed by atoms with Crippen LogP contribution in [-0.2, 0) is 10.0 Å². The zero-order valence-electron chi connectivity index (χ0n) is 10.8. The molecule has 8 heteroatoms. The molecule has 2 rings (SSSR count). The molecule has 21 heavy (non-hydrogen) atoms. The number of nitrogens with one attached hydrogen (secondary N) is 1. The smallest absolute Gasteiger partial charge is 0.263 e. The van der Waals surface area contributed by atoms with Gasteiger partial charge in [-0.1, -0.05) is 23.2 Å². The number of hydrogen-bond donors (Lipinski definition) is 1. The van der Waals surface area contributed by atoms with Gasteiger partial charge in [-0.25, -0.2) is 13.4 Å². The second-order valence-corrected chi connectivity index (χ2v) is 6.63. The lowest BCUT2D eigenvalue weighted by Gasteiger charge is -2.10. The Hall–Kier alpha value is -1.81. The maximum Gasteiger partial charge on any atom is 0.263 e. The summed E-state index contributed by atoms with van der Waals surface area (Å²) in [6.45, 7) is 1.70. The topological polar surface area (TPSA) is 82.9 Å². The Labute approximate surface area is 132 Å². The molecule has 0 radical (unpaired) electrons. The van der Waals surface area contributed by atoms with Crippen molar-refractivity contribution in [2.24, 2.45) is 0 Å². The normalized spacial score (nSPS) is 11.0. The quantitative estimate of drug-likeness (QED) is 0.867. The van der Waals surface area contributed by atoms with Gasteiger partial charge in [0.15, 0.2) is 0 Å². The van der Waals surface area contributed by atoms with Crippen LogP contribution in [-0.4, -0.2) is 13.4 Å². The van der Waals surface area contributed by atoms with Gasteiger partial charge in [0.25, 0.3) is 10.0 Å². The Bertz CT molecular complexity index is 845. The van der Waals surface area contributed by atoms with Crippen LogP contribution < -0.4 is 4.72 Å². The van der Waals surface area contributed by atoms with Crippen LogP contribution in [0, 0.1) is 18.3 Å². The fraction of sp³-hybridized carbons (Fsp3) is 0.0769. The minimum absolute atomic E-state index is 0.00513. The molecule has 0 unspecified atom stereocenters. The van der Waals surface area contributed by atoms with Crippen LogP contribution in [0.2, 0.25) is 10.2 Å². The Balaban J connectivity index is 2.46. The van der Waals surface area contributed by atoms with Crippen molar-refractivity contribution in [2.75, 3.05) is 4.72 Å². The van der Waals surface area contributed by atoms with E-state index >= 15 is 0 Å². The molecule has 108 valence electrons. The third-order valence-electron chi connectivity index (χ3n) is 2.62. The summed E-state index contributed by atoms with van der Waals surface area (Å²) in [4.78, 5) is 3.67. The first kappa shape index (κ1) is 15.6. The molecule has 0 aliphatic carbocycles. The predicted octanol–water partition coefficient (Wildman–Crippen LogP) is 3.37. The number of anilines is 1. The highest BCUT2D eigenvalue weighted by atomic mass is 35.5. The molecule has 0 bridgehead atoms. The molecule has 1 N–H and O–H groups in total. The number of hydrogen-bond acceptors (Lipinski definition) is 4. The van der Waals surface area contributed by atoms with Gasteiger partial charge in [0, 0.05) is 5.02 Å². The summed E-state index contributed by atoms with van der Waals surface area (Å²) in [5.41, 5.74) is 0.884. The molecule has 0 aliphatic rings. The van der Waals surface area contributed by atoms with E-state index in [0.717, 1.165) is 0 Å². The summed E-state index contributed by atoms with van der Waals surface area (Å²) in [6.07, 6.45) is 1.30. The van der Waals surface area contributed by atoms with Crippen molar-refractivity contribution in [3.05, 3.63) is 51.8 Å². The average Bonchev–Trinajstić information content (AvgIpc) is 2.42. The largest absolute Gasteiger partial charge is 0.278 e. The van der Waals surface area contributed by atoms with Crippen LogP contribution >= 0.6 is 23.2 Å². The molecule has 0 fully saturated rings. The second-order valence-electron chi connectivity index (χ2n) is 4.19. The first-order valence-electron chi connectivity index (χ1n) is 5.68. The van der Waals surface area contributed by atoms with Gasteiger partial charge in [-0.3, -0.25) is 4.72 Å². The highest BCUT2D eigenvalue weighted by Gasteiger charge is 2.19. The third-order valence-corrected chi connectivity index (χ3v) is 4.67. The second kappa shape index (κ2) is 5.90. The average molecular weight is 342 g/mol. The highest BCUT2D eigenvalue weighted by molar-refractivity contribution is 7.92. The van der Waals surface area contributed by atoms with Crippen molar-refractivity contribution in [1.82, 2.24) is 4.98 Å². The molecule has 5 nitrogen and oxygen atoms in total. The number of nitriles is 1. The van der Waals surface area contributed by atoms with Gasteiger partial charge in [-0.05, 0) is 36.8 Å². The Morgan fingerprint density at radius 3 is 2.62 bits per heavy atom. The number of sulfonamides is 1. The number of rotatable bonds is 3. The van der Waals surface area contributed by atoms with E-state index in [2.05, 4.69) is 9.71 Å². The molecule has 0 saturated heterocycles. The monoisotopic (exact) mass is 341 g/mol. The summed E-state index contributed by atoms with van der Waals surface area (Å²) in [5.74, 6) is 0. The van der Waals surface area contributed by atoms with E-state index in [1.54, 1.807) is 13.0 Å². The summed E-state index contributed by atoms with van der Waals surface area (Å²) in [6, 6.07) is 7.39. The predicted molar refractivity (Wildman–Crippen MR) is 81.0 cm³/mol. The van der Waals surface area contributed by atoms with Crippen LogP contribution in [0.4, 0.5) is 5.69 Å². The van der Waals surface area contributed by atoms with Crippen molar-refractivity contribution in [3.63, 3.8) is 0 Å². The lowest BCUT2D eigenvalue weighted by Crippen LogP contribution is -2.14. The zero-order chi connectivity index (χ0) is 15.6. The van der Waals surface area contributed by atoms with E-state index in [-0.39, 0.29) is 21.2 Å². The third kappa shape index (κ3) is 3.45. The van der Waals surface area contributed by atoms with Crippen LogP contribution in [0.15, 0.2) is 35.4 Å². The molecule has 1 heterocycles.